The molecule has 1 fully saturated rings. The van der Waals surface area contributed by atoms with Gasteiger partial charge in [0.2, 0.25) is 0 Å². The Bertz CT molecular complexity index is 341. The first-order chi connectivity index (χ1) is 7.63. The monoisotopic (exact) mass is 217 g/mol. The Morgan fingerprint density at radius 1 is 1.25 bits per heavy atom. The molecule has 0 saturated heterocycles. The molecule has 0 radical (unpaired) electrons. The van der Waals surface area contributed by atoms with E-state index in [-0.39, 0.29) is 6.04 Å². The number of rotatable bonds is 4. The maximum absolute atomic E-state index is 6.25. The second-order valence-corrected chi connectivity index (χ2v) is 5.38. The van der Waals surface area contributed by atoms with E-state index in [1.807, 2.05) is 0 Å². The van der Waals surface area contributed by atoms with E-state index in [1.54, 1.807) is 0 Å². The highest BCUT2D eigenvalue weighted by molar-refractivity contribution is 5.28. The van der Waals surface area contributed by atoms with Gasteiger partial charge in [0.25, 0.3) is 0 Å². The molecule has 1 aliphatic carbocycles. The lowest BCUT2D eigenvalue weighted by Gasteiger charge is -2.14. The summed E-state index contributed by atoms with van der Waals surface area (Å²) < 4.78 is 0. The number of hydrogen-bond acceptors (Lipinski definition) is 1. The SMILES string of the molecule is CCC(C)c1ccc(C(N)C2CC2C)cc1. The predicted octanol–water partition coefficient (Wildman–Crippen LogP) is 3.86. The van der Waals surface area contributed by atoms with Crippen LogP contribution in [0, 0.1) is 11.8 Å². The van der Waals surface area contributed by atoms with E-state index >= 15 is 0 Å². The highest BCUT2D eigenvalue weighted by Crippen LogP contribution is 2.45. The fourth-order valence-electron chi connectivity index (χ4n) is 2.38. The Kier molecular flexibility index (Phi) is 3.34. The molecule has 0 amide bonds. The Morgan fingerprint density at radius 2 is 1.75 bits per heavy atom. The van der Waals surface area contributed by atoms with Crippen molar-refractivity contribution in [3.8, 4) is 0 Å². The zero-order valence-electron chi connectivity index (χ0n) is 10.6. The van der Waals surface area contributed by atoms with Crippen LogP contribution in [-0.2, 0) is 0 Å². The fraction of sp³-hybridized carbons (Fsp3) is 0.600. The minimum absolute atomic E-state index is 0.251. The Balaban J connectivity index is 2.07. The van der Waals surface area contributed by atoms with E-state index in [0.717, 1.165) is 11.8 Å². The maximum Gasteiger partial charge on any atom is 0.0326 e. The van der Waals surface area contributed by atoms with Gasteiger partial charge in [-0.15, -0.1) is 0 Å². The van der Waals surface area contributed by atoms with Crippen molar-refractivity contribution in [3.63, 3.8) is 0 Å². The van der Waals surface area contributed by atoms with Gasteiger partial charge in [0.1, 0.15) is 0 Å². The topological polar surface area (TPSA) is 26.0 Å². The van der Waals surface area contributed by atoms with Crippen molar-refractivity contribution in [2.24, 2.45) is 17.6 Å². The summed E-state index contributed by atoms with van der Waals surface area (Å²) in [5.41, 5.74) is 8.99. The van der Waals surface area contributed by atoms with E-state index in [9.17, 15) is 0 Å². The highest BCUT2D eigenvalue weighted by Gasteiger charge is 2.38. The lowest BCUT2D eigenvalue weighted by molar-refractivity contribution is 0.593. The van der Waals surface area contributed by atoms with Crippen LogP contribution in [-0.4, -0.2) is 0 Å². The first-order valence-corrected chi connectivity index (χ1v) is 6.49. The van der Waals surface area contributed by atoms with Gasteiger partial charge in [-0.3, -0.25) is 0 Å². The molecule has 4 unspecified atom stereocenters. The van der Waals surface area contributed by atoms with Crippen LogP contribution in [0.15, 0.2) is 24.3 Å². The van der Waals surface area contributed by atoms with E-state index < -0.39 is 0 Å². The van der Waals surface area contributed by atoms with Crippen LogP contribution >= 0.6 is 0 Å². The zero-order chi connectivity index (χ0) is 11.7. The van der Waals surface area contributed by atoms with E-state index in [1.165, 1.54) is 24.0 Å². The largest absolute Gasteiger partial charge is 0.324 e. The average Bonchev–Trinajstić information content (AvgIpc) is 3.04. The quantitative estimate of drug-likeness (QED) is 0.814. The molecule has 0 aromatic heterocycles. The van der Waals surface area contributed by atoms with Gasteiger partial charge in [-0.1, -0.05) is 45.0 Å². The van der Waals surface area contributed by atoms with Gasteiger partial charge >= 0.3 is 0 Å². The number of benzene rings is 1. The van der Waals surface area contributed by atoms with Gasteiger partial charge in [-0.2, -0.15) is 0 Å². The first-order valence-electron chi connectivity index (χ1n) is 6.49. The Labute approximate surface area is 99.0 Å². The molecule has 0 spiro atoms. The van der Waals surface area contributed by atoms with Crippen molar-refractivity contribution in [1.29, 1.82) is 0 Å². The number of hydrogen-bond donors (Lipinski definition) is 1. The standard InChI is InChI=1S/C15H23N/c1-4-10(2)12-5-7-13(8-6-12)15(16)14-9-11(14)3/h5-8,10-11,14-15H,4,9,16H2,1-3H3. The molecule has 0 heterocycles. The first kappa shape index (κ1) is 11.7. The molecular weight excluding hydrogens is 194 g/mol. The minimum atomic E-state index is 0.251. The Hall–Kier alpha value is -0.820. The summed E-state index contributed by atoms with van der Waals surface area (Å²) in [7, 11) is 0. The van der Waals surface area contributed by atoms with Gasteiger partial charge in [0, 0.05) is 6.04 Å². The van der Waals surface area contributed by atoms with E-state index in [4.69, 9.17) is 5.73 Å². The lowest BCUT2D eigenvalue weighted by atomic mass is 9.95. The lowest BCUT2D eigenvalue weighted by Crippen LogP contribution is -2.13. The van der Waals surface area contributed by atoms with Gasteiger partial charge < -0.3 is 5.73 Å². The molecule has 0 aliphatic heterocycles. The third-order valence-electron chi connectivity index (χ3n) is 4.14. The third-order valence-corrected chi connectivity index (χ3v) is 4.14. The second kappa shape index (κ2) is 4.58. The fourth-order valence-corrected chi connectivity index (χ4v) is 2.38. The molecule has 88 valence electrons. The molecule has 0 bridgehead atoms. The van der Waals surface area contributed by atoms with Crippen LogP contribution < -0.4 is 5.73 Å². The van der Waals surface area contributed by atoms with E-state index in [2.05, 4.69) is 45.0 Å². The summed E-state index contributed by atoms with van der Waals surface area (Å²) in [6.45, 7) is 6.80. The molecule has 1 nitrogen and oxygen atoms in total. The summed E-state index contributed by atoms with van der Waals surface area (Å²) >= 11 is 0. The summed E-state index contributed by atoms with van der Waals surface area (Å²) in [5.74, 6) is 2.20. The van der Waals surface area contributed by atoms with Crippen molar-refractivity contribution in [2.45, 2.75) is 45.6 Å². The highest BCUT2D eigenvalue weighted by atomic mass is 14.7. The molecule has 2 N–H and O–H groups in total. The minimum Gasteiger partial charge on any atom is -0.324 e. The summed E-state index contributed by atoms with van der Waals surface area (Å²) in [5, 5.41) is 0. The third kappa shape index (κ3) is 2.30. The molecule has 1 aliphatic rings. The van der Waals surface area contributed by atoms with Gasteiger partial charge in [0.05, 0.1) is 0 Å². The molecule has 1 heteroatoms. The van der Waals surface area contributed by atoms with Crippen LogP contribution in [0.5, 0.6) is 0 Å². The van der Waals surface area contributed by atoms with Crippen molar-refractivity contribution in [3.05, 3.63) is 35.4 Å². The summed E-state index contributed by atoms with van der Waals surface area (Å²) in [6.07, 6.45) is 2.50. The van der Waals surface area contributed by atoms with Crippen LogP contribution in [0.1, 0.15) is 56.7 Å². The van der Waals surface area contributed by atoms with Gasteiger partial charge in [-0.05, 0) is 41.7 Å². The maximum atomic E-state index is 6.25. The molecule has 1 aromatic carbocycles. The smallest absolute Gasteiger partial charge is 0.0326 e. The molecule has 2 rings (SSSR count). The van der Waals surface area contributed by atoms with Crippen molar-refractivity contribution in [2.75, 3.05) is 0 Å². The average molecular weight is 217 g/mol. The second-order valence-electron chi connectivity index (χ2n) is 5.38. The van der Waals surface area contributed by atoms with Crippen molar-refractivity contribution < 1.29 is 0 Å². The summed E-state index contributed by atoms with van der Waals surface area (Å²) in [4.78, 5) is 0. The van der Waals surface area contributed by atoms with Crippen molar-refractivity contribution in [1.82, 2.24) is 0 Å². The van der Waals surface area contributed by atoms with Crippen LogP contribution in [0.25, 0.3) is 0 Å². The summed E-state index contributed by atoms with van der Waals surface area (Å²) in [6, 6.07) is 9.18. The van der Waals surface area contributed by atoms with E-state index in [0.29, 0.717) is 5.92 Å². The van der Waals surface area contributed by atoms with Crippen LogP contribution in [0.2, 0.25) is 0 Å². The van der Waals surface area contributed by atoms with Gasteiger partial charge in [0.15, 0.2) is 0 Å². The predicted molar refractivity (Wildman–Crippen MR) is 69.3 cm³/mol. The molecule has 1 saturated carbocycles. The van der Waals surface area contributed by atoms with Gasteiger partial charge in [-0.25, -0.2) is 0 Å². The molecule has 16 heavy (non-hydrogen) atoms. The molecular formula is C15H23N. The molecule has 1 aromatic rings. The number of nitrogens with two attached hydrogens (primary N) is 1. The Morgan fingerprint density at radius 3 is 2.19 bits per heavy atom. The molecule has 4 atom stereocenters. The van der Waals surface area contributed by atoms with Crippen LogP contribution in [0.4, 0.5) is 0 Å². The normalized spacial score (nSPS) is 27.5. The van der Waals surface area contributed by atoms with Crippen molar-refractivity contribution >= 4 is 0 Å². The zero-order valence-corrected chi connectivity index (χ0v) is 10.6. The van der Waals surface area contributed by atoms with Crippen LogP contribution in [0.3, 0.4) is 0 Å².